The van der Waals surface area contributed by atoms with Gasteiger partial charge in [0.1, 0.15) is 5.69 Å². The molecule has 0 N–H and O–H groups in total. The van der Waals surface area contributed by atoms with Crippen LogP contribution in [-0.4, -0.2) is 21.3 Å². The molecule has 0 saturated heterocycles. The Morgan fingerprint density at radius 3 is 2.10 bits per heavy atom. The zero-order valence-corrected chi connectivity index (χ0v) is 16.5. The number of allylic oxidation sites excluding steroid dienone is 1. The van der Waals surface area contributed by atoms with Crippen LogP contribution < -0.4 is 0 Å². The van der Waals surface area contributed by atoms with Crippen LogP contribution in [0.2, 0.25) is 0 Å². The van der Waals surface area contributed by atoms with Crippen LogP contribution in [0, 0.1) is 6.92 Å². The summed E-state index contributed by atoms with van der Waals surface area (Å²) in [6, 6.07) is 26.0. The molecule has 146 valence electrons. The quantitative estimate of drug-likeness (QED) is 0.330. The van der Waals surface area contributed by atoms with Gasteiger partial charge in [-0.2, -0.15) is 5.10 Å². The topological polar surface area (TPSA) is 52.0 Å². The standard InChI is InChI=1S/C26H20N2O2/c1-19-12-14-20(15-13-19)24(29)17-16-22-18-28(23-10-6-3-7-11-23)27-25(22)26(30)21-8-4-2-5-9-21/h2-18H,1H3/b17-16+. The van der Waals surface area contributed by atoms with Crippen molar-refractivity contribution in [2.45, 2.75) is 6.92 Å². The highest BCUT2D eigenvalue weighted by molar-refractivity contribution is 6.11. The number of para-hydroxylation sites is 1. The maximum absolute atomic E-state index is 13.1. The first kappa shape index (κ1) is 19.3. The van der Waals surface area contributed by atoms with Gasteiger partial charge < -0.3 is 0 Å². The summed E-state index contributed by atoms with van der Waals surface area (Å²) in [4.78, 5) is 25.6. The number of ketones is 2. The van der Waals surface area contributed by atoms with Crippen LogP contribution in [0.3, 0.4) is 0 Å². The summed E-state index contributed by atoms with van der Waals surface area (Å²) in [5.41, 5.74) is 3.98. The fraction of sp³-hybridized carbons (Fsp3) is 0.0385. The molecule has 0 amide bonds. The van der Waals surface area contributed by atoms with Crippen molar-refractivity contribution in [2.24, 2.45) is 0 Å². The van der Waals surface area contributed by atoms with Crippen molar-refractivity contribution in [1.29, 1.82) is 0 Å². The van der Waals surface area contributed by atoms with E-state index in [4.69, 9.17) is 0 Å². The van der Waals surface area contributed by atoms with E-state index in [1.165, 1.54) is 6.08 Å². The summed E-state index contributed by atoms with van der Waals surface area (Å²) in [6.07, 6.45) is 4.91. The molecular weight excluding hydrogens is 372 g/mol. The van der Waals surface area contributed by atoms with Gasteiger partial charge >= 0.3 is 0 Å². The molecule has 0 aliphatic rings. The van der Waals surface area contributed by atoms with Crippen molar-refractivity contribution in [3.63, 3.8) is 0 Å². The van der Waals surface area contributed by atoms with E-state index in [9.17, 15) is 9.59 Å². The second-order valence-electron chi connectivity index (χ2n) is 6.97. The van der Waals surface area contributed by atoms with E-state index in [1.807, 2.05) is 67.6 Å². The van der Waals surface area contributed by atoms with Gasteiger partial charge in [-0.1, -0.05) is 78.4 Å². The highest BCUT2D eigenvalue weighted by atomic mass is 16.1. The van der Waals surface area contributed by atoms with Crippen LogP contribution in [0.25, 0.3) is 11.8 Å². The molecule has 0 unspecified atom stereocenters. The normalized spacial score (nSPS) is 11.0. The number of carbonyl (C=O) groups is 2. The van der Waals surface area contributed by atoms with Crippen molar-refractivity contribution in [3.8, 4) is 5.69 Å². The SMILES string of the molecule is Cc1ccc(C(=O)/C=C/c2cn(-c3ccccc3)nc2C(=O)c2ccccc2)cc1. The van der Waals surface area contributed by atoms with Gasteiger partial charge in [0.15, 0.2) is 5.78 Å². The van der Waals surface area contributed by atoms with Gasteiger partial charge in [0.05, 0.1) is 5.69 Å². The number of rotatable bonds is 6. The Morgan fingerprint density at radius 2 is 1.43 bits per heavy atom. The average Bonchev–Trinajstić information content (AvgIpc) is 3.23. The van der Waals surface area contributed by atoms with E-state index >= 15 is 0 Å². The van der Waals surface area contributed by atoms with Gasteiger partial charge in [-0.25, -0.2) is 4.68 Å². The molecular formula is C26H20N2O2. The van der Waals surface area contributed by atoms with E-state index in [1.54, 1.807) is 41.2 Å². The van der Waals surface area contributed by atoms with Crippen LogP contribution in [-0.2, 0) is 0 Å². The Balaban J connectivity index is 1.71. The van der Waals surface area contributed by atoms with Crippen LogP contribution in [0.4, 0.5) is 0 Å². The predicted molar refractivity (Wildman–Crippen MR) is 118 cm³/mol. The Bertz CT molecular complexity index is 1210. The third-order valence-electron chi connectivity index (χ3n) is 4.76. The lowest BCUT2D eigenvalue weighted by Crippen LogP contribution is -2.05. The molecule has 4 nitrogen and oxygen atoms in total. The van der Waals surface area contributed by atoms with Gasteiger partial charge in [-0.3, -0.25) is 9.59 Å². The number of hydrogen-bond donors (Lipinski definition) is 0. The molecule has 0 aliphatic heterocycles. The molecule has 0 radical (unpaired) electrons. The number of hydrogen-bond acceptors (Lipinski definition) is 3. The lowest BCUT2D eigenvalue weighted by molar-refractivity contribution is 0.102. The lowest BCUT2D eigenvalue weighted by Gasteiger charge is -2.00. The third kappa shape index (κ3) is 4.18. The first-order chi connectivity index (χ1) is 14.6. The van der Waals surface area contributed by atoms with Gasteiger partial charge in [0, 0.05) is 22.9 Å². The second-order valence-corrected chi connectivity index (χ2v) is 6.97. The molecule has 0 fully saturated rings. The number of nitrogens with zero attached hydrogens (tertiary/aromatic N) is 2. The van der Waals surface area contributed by atoms with E-state index in [0.29, 0.717) is 22.4 Å². The Hall–Kier alpha value is -4.05. The molecule has 1 aromatic heterocycles. The summed E-state index contributed by atoms with van der Waals surface area (Å²) >= 11 is 0. The van der Waals surface area contributed by atoms with Crippen molar-refractivity contribution in [1.82, 2.24) is 9.78 Å². The molecule has 0 spiro atoms. The predicted octanol–water partition coefficient (Wildman–Crippen LogP) is 5.31. The maximum Gasteiger partial charge on any atom is 0.213 e. The molecule has 0 bridgehead atoms. The number of aromatic nitrogens is 2. The number of carbonyl (C=O) groups excluding carboxylic acids is 2. The zero-order valence-electron chi connectivity index (χ0n) is 16.5. The largest absolute Gasteiger partial charge is 0.289 e. The second kappa shape index (κ2) is 8.53. The molecule has 1 heterocycles. The fourth-order valence-corrected chi connectivity index (χ4v) is 3.10. The Morgan fingerprint density at radius 1 is 0.800 bits per heavy atom. The summed E-state index contributed by atoms with van der Waals surface area (Å²) in [5, 5.41) is 4.52. The van der Waals surface area contributed by atoms with Gasteiger partial charge in [0.25, 0.3) is 0 Å². The smallest absolute Gasteiger partial charge is 0.213 e. The van der Waals surface area contributed by atoms with Crippen LogP contribution in [0.1, 0.15) is 37.5 Å². The first-order valence-electron chi connectivity index (χ1n) is 9.66. The molecule has 0 saturated carbocycles. The molecule has 0 atom stereocenters. The molecule has 4 rings (SSSR count). The summed E-state index contributed by atoms with van der Waals surface area (Å²) in [7, 11) is 0. The van der Waals surface area contributed by atoms with E-state index in [-0.39, 0.29) is 11.6 Å². The fourth-order valence-electron chi connectivity index (χ4n) is 3.10. The van der Waals surface area contributed by atoms with Crippen LogP contribution in [0.5, 0.6) is 0 Å². The van der Waals surface area contributed by atoms with Crippen molar-refractivity contribution >= 4 is 17.6 Å². The Labute approximate surface area is 175 Å². The van der Waals surface area contributed by atoms with Gasteiger partial charge in [-0.15, -0.1) is 0 Å². The molecule has 4 aromatic rings. The number of benzene rings is 3. The average molecular weight is 392 g/mol. The van der Waals surface area contributed by atoms with Crippen molar-refractivity contribution in [3.05, 3.63) is 125 Å². The molecule has 4 heteroatoms. The third-order valence-corrected chi connectivity index (χ3v) is 4.76. The molecule has 3 aromatic carbocycles. The summed E-state index contributed by atoms with van der Waals surface area (Å²) in [6.45, 7) is 1.98. The van der Waals surface area contributed by atoms with Gasteiger partial charge in [0.2, 0.25) is 5.78 Å². The summed E-state index contributed by atoms with van der Waals surface area (Å²) in [5.74, 6) is -0.312. The first-order valence-corrected chi connectivity index (χ1v) is 9.66. The van der Waals surface area contributed by atoms with E-state index in [0.717, 1.165) is 11.3 Å². The zero-order chi connectivity index (χ0) is 20.9. The minimum atomic E-state index is -0.187. The van der Waals surface area contributed by atoms with Gasteiger partial charge in [-0.05, 0) is 31.2 Å². The number of aryl methyl sites for hydroxylation is 1. The highest BCUT2D eigenvalue weighted by Crippen LogP contribution is 2.18. The highest BCUT2D eigenvalue weighted by Gasteiger charge is 2.18. The minimum absolute atomic E-state index is 0.124. The molecule has 0 aliphatic carbocycles. The van der Waals surface area contributed by atoms with Crippen molar-refractivity contribution in [2.75, 3.05) is 0 Å². The van der Waals surface area contributed by atoms with Crippen molar-refractivity contribution < 1.29 is 9.59 Å². The Kier molecular flexibility index (Phi) is 5.48. The molecule has 30 heavy (non-hydrogen) atoms. The lowest BCUT2D eigenvalue weighted by atomic mass is 10.0. The van der Waals surface area contributed by atoms with E-state index < -0.39 is 0 Å². The summed E-state index contributed by atoms with van der Waals surface area (Å²) < 4.78 is 1.66. The maximum atomic E-state index is 13.1. The van der Waals surface area contributed by atoms with E-state index in [2.05, 4.69) is 5.10 Å². The van der Waals surface area contributed by atoms with Crippen LogP contribution >= 0.6 is 0 Å². The van der Waals surface area contributed by atoms with Crippen LogP contribution in [0.15, 0.2) is 97.2 Å². The monoisotopic (exact) mass is 392 g/mol. The minimum Gasteiger partial charge on any atom is -0.289 e.